The Hall–Kier alpha value is -3.36. The number of carbonyl (C=O) groups excluding carboxylic acids is 4. The van der Waals surface area contributed by atoms with E-state index in [0.717, 1.165) is 36.8 Å². The molecule has 0 spiro atoms. The first-order valence-corrected chi connectivity index (χ1v) is 13.2. The van der Waals surface area contributed by atoms with Gasteiger partial charge >= 0.3 is 0 Å². The minimum absolute atomic E-state index is 0.118. The lowest BCUT2D eigenvalue weighted by molar-refractivity contribution is -0.126. The normalized spacial score (nSPS) is 37.3. The molecule has 8 nitrogen and oxygen atoms in total. The molecule has 0 aliphatic carbocycles. The molecular weight excluding hydrogens is 472 g/mol. The number of hydrogen-bond donors (Lipinski definition) is 0. The van der Waals surface area contributed by atoms with Crippen molar-refractivity contribution in [3.63, 3.8) is 0 Å². The van der Waals surface area contributed by atoms with E-state index in [1.165, 1.54) is 9.80 Å². The van der Waals surface area contributed by atoms with Gasteiger partial charge in [0, 0.05) is 0 Å². The monoisotopic (exact) mass is 498 g/mol. The Kier molecular flexibility index (Phi) is 4.45. The van der Waals surface area contributed by atoms with Crippen molar-refractivity contribution in [3.8, 4) is 0 Å². The van der Waals surface area contributed by atoms with E-state index in [2.05, 4.69) is 0 Å². The standard InChI is InChI=1S/C29H26N2O6/c32-26-22-18-9-10-19(36-18)23(22)27(33)30(26)16-5-1-14(2-6-16)13-15-3-7-17(8-4-15)31-28(34)24-20-11-12-21(37-20)25(24)29(31)35/h1-8,18-25H,9-13H2. The number of imide groups is 2. The van der Waals surface area contributed by atoms with Crippen LogP contribution in [0.1, 0.15) is 36.8 Å². The topological polar surface area (TPSA) is 93.2 Å². The summed E-state index contributed by atoms with van der Waals surface area (Å²) in [4.78, 5) is 54.8. The number of hydrogen-bond acceptors (Lipinski definition) is 6. The molecule has 2 aromatic carbocycles. The van der Waals surface area contributed by atoms with Crippen LogP contribution in [0, 0.1) is 23.7 Å². The van der Waals surface area contributed by atoms with Crippen molar-refractivity contribution < 1.29 is 28.7 Å². The van der Waals surface area contributed by atoms with E-state index in [4.69, 9.17) is 9.47 Å². The summed E-state index contributed by atoms with van der Waals surface area (Å²) >= 11 is 0. The number of nitrogens with zero attached hydrogens (tertiary/aromatic N) is 2. The van der Waals surface area contributed by atoms with Crippen LogP contribution >= 0.6 is 0 Å². The van der Waals surface area contributed by atoms with Gasteiger partial charge in [0.15, 0.2) is 0 Å². The molecule has 8 heteroatoms. The predicted molar refractivity (Wildman–Crippen MR) is 130 cm³/mol. The van der Waals surface area contributed by atoms with Gasteiger partial charge in [-0.05, 0) is 67.5 Å². The van der Waals surface area contributed by atoms with Crippen molar-refractivity contribution in [1.29, 1.82) is 0 Å². The Labute approximate surface area is 213 Å². The molecule has 6 heterocycles. The third-order valence-corrected chi connectivity index (χ3v) is 9.37. The van der Waals surface area contributed by atoms with Crippen molar-refractivity contribution in [1.82, 2.24) is 0 Å². The molecule has 6 fully saturated rings. The lowest BCUT2D eigenvalue weighted by Crippen LogP contribution is -2.34. The molecular formula is C29H26N2O6. The highest BCUT2D eigenvalue weighted by atomic mass is 16.5. The van der Waals surface area contributed by atoms with E-state index < -0.39 is 0 Å². The van der Waals surface area contributed by atoms with Gasteiger partial charge in [-0.25, -0.2) is 9.80 Å². The average molecular weight is 499 g/mol. The largest absolute Gasteiger partial charge is 0.373 e. The lowest BCUT2D eigenvalue weighted by atomic mass is 9.81. The molecule has 8 atom stereocenters. The first-order valence-electron chi connectivity index (χ1n) is 13.2. The maximum absolute atomic E-state index is 13.0. The van der Waals surface area contributed by atoms with E-state index in [0.29, 0.717) is 17.8 Å². The average Bonchev–Trinajstić information content (AvgIpc) is 3.74. The van der Waals surface area contributed by atoms with E-state index in [1.807, 2.05) is 48.5 Å². The van der Waals surface area contributed by atoms with Gasteiger partial charge in [-0.3, -0.25) is 19.2 Å². The predicted octanol–water partition coefficient (Wildman–Crippen LogP) is 2.61. The second-order valence-corrected chi connectivity index (χ2v) is 11.2. The number of anilines is 2. The Morgan fingerprint density at radius 3 is 1.11 bits per heavy atom. The molecule has 6 saturated heterocycles. The minimum Gasteiger partial charge on any atom is -0.373 e. The van der Waals surface area contributed by atoms with Crippen LogP contribution in [0.5, 0.6) is 0 Å². The molecule has 4 bridgehead atoms. The van der Waals surface area contributed by atoms with Crippen molar-refractivity contribution in [2.45, 2.75) is 56.5 Å². The number of amides is 4. The molecule has 6 aliphatic rings. The van der Waals surface area contributed by atoms with Crippen molar-refractivity contribution in [3.05, 3.63) is 59.7 Å². The fourth-order valence-electron chi connectivity index (χ4n) is 7.69. The van der Waals surface area contributed by atoms with Crippen LogP contribution < -0.4 is 9.80 Å². The maximum Gasteiger partial charge on any atom is 0.240 e. The Morgan fingerprint density at radius 1 is 0.514 bits per heavy atom. The quantitative estimate of drug-likeness (QED) is 0.602. The van der Waals surface area contributed by atoms with Gasteiger partial charge in [0.05, 0.1) is 59.5 Å². The molecule has 37 heavy (non-hydrogen) atoms. The van der Waals surface area contributed by atoms with Crippen molar-refractivity contribution in [2.75, 3.05) is 9.80 Å². The SMILES string of the molecule is O=C1C2C3CCC(O3)C2C(=O)N1c1ccc(Cc2ccc(N3C(=O)C4C5CCC(O5)C4C3=O)cc2)cc1. The summed E-state index contributed by atoms with van der Waals surface area (Å²) in [6.07, 6.45) is 3.60. The van der Waals surface area contributed by atoms with Crippen molar-refractivity contribution >= 4 is 35.0 Å². The maximum atomic E-state index is 13.0. The van der Waals surface area contributed by atoms with E-state index in [1.54, 1.807) is 0 Å². The number of carbonyl (C=O) groups is 4. The number of rotatable bonds is 4. The third kappa shape index (κ3) is 2.91. The summed E-state index contributed by atoms with van der Waals surface area (Å²) in [7, 11) is 0. The summed E-state index contributed by atoms with van der Waals surface area (Å²) in [5.74, 6) is -1.88. The van der Waals surface area contributed by atoms with Gasteiger partial charge in [-0.15, -0.1) is 0 Å². The van der Waals surface area contributed by atoms with E-state index >= 15 is 0 Å². The van der Waals surface area contributed by atoms with E-state index in [-0.39, 0.29) is 71.7 Å². The van der Waals surface area contributed by atoms with Crippen LogP contribution in [-0.4, -0.2) is 48.0 Å². The van der Waals surface area contributed by atoms with Crippen LogP contribution in [0.2, 0.25) is 0 Å². The highest BCUT2D eigenvalue weighted by molar-refractivity contribution is 6.23. The number of ether oxygens (including phenoxy) is 2. The van der Waals surface area contributed by atoms with Gasteiger partial charge < -0.3 is 9.47 Å². The van der Waals surface area contributed by atoms with Gasteiger partial charge in [-0.1, -0.05) is 24.3 Å². The summed E-state index contributed by atoms with van der Waals surface area (Å²) in [6.45, 7) is 0. The van der Waals surface area contributed by atoms with Crippen LogP contribution in [0.25, 0.3) is 0 Å². The Morgan fingerprint density at radius 2 is 0.811 bits per heavy atom. The molecule has 0 saturated carbocycles. The summed E-state index contributed by atoms with van der Waals surface area (Å²) in [6, 6.07) is 15.1. The molecule has 0 N–H and O–H groups in total. The van der Waals surface area contributed by atoms with Crippen LogP contribution in [0.4, 0.5) is 11.4 Å². The first-order chi connectivity index (χ1) is 18.0. The Balaban J connectivity index is 0.972. The fraction of sp³-hybridized carbons (Fsp3) is 0.448. The zero-order chi connectivity index (χ0) is 25.0. The van der Waals surface area contributed by atoms with Crippen LogP contribution in [0.15, 0.2) is 48.5 Å². The molecule has 2 aromatic rings. The molecule has 8 unspecified atom stereocenters. The molecule has 0 radical (unpaired) electrons. The Bertz CT molecular complexity index is 1190. The third-order valence-electron chi connectivity index (χ3n) is 9.37. The fourth-order valence-corrected chi connectivity index (χ4v) is 7.69. The molecule has 0 aromatic heterocycles. The second kappa shape index (κ2) is 7.58. The molecule has 4 amide bonds. The smallest absolute Gasteiger partial charge is 0.240 e. The van der Waals surface area contributed by atoms with Gasteiger partial charge in [0.1, 0.15) is 0 Å². The number of fused-ring (bicyclic) bond motifs is 10. The lowest BCUT2D eigenvalue weighted by Gasteiger charge is -2.18. The summed E-state index contributed by atoms with van der Waals surface area (Å²) < 4.78 is 11.6. The van der Waals surface area contributed by atoms with E-state index in [9.17, 15) is 19.2 Å². The zero-order valence-corrected chi connectivity index (χ0v) is 20.1. The summed E-state index contributed by atoms with van der Waals surface area (Å²) in [5.41, 5.74) is 3.29. The molecule has 188 valence electrons. The number of benzene rings is 2. The van der Waals surface area contributed by atoms with Crippen LogP contribution in [-0.2, 0) is 35.1 Å². The molecule has 8 rings (SSSR count). The van der Waals surface area contributed by atoms with Crippen LogP contribution in [0.3, 0.4) is 0 Å². The minimum atomic E-state index is -0.332. The zero-order valence-electron chi connectivity index (χ0n) is 20.1. The van der Waals surface area contributed by atoms with Gasteiger partial charge in [0.25, 0.3) is 0 Å². The first kappa shape index (κ1) is 21.7. The van der Waals surface area contributed by atoms with Crippen molar-refractivity contribution in [2.24, 2.45) is 23.7 Å². The molecule has 6 aliphatic heterocycles. The van der Waals surface area contributed by atoms with Gasteiger partial charge in [0.2, 0.25) is 23.6 Å². The van der Waals surface area contributed by atoms with Gasteiger partial charge in [-0.2, -0.15) is 0 Å². The highest BCUT2D eigenvalue weighted by Gasteiger charge is 2.63. The highest BCUT2D eigenvalue weighted by Crippen LogP contribution is 2.50. The second-order valence-electron chi connectivity index (χ2n) is 11.2. The summed E-state index contributed by atoms with van der Waals surface area (Å²) in [5, 5.41) is 0.